The predicted molar refractivity (Wildman–Crippen MR) is 75.3 cm³/mol. The molecule has 1 heterocycles. The Labute approximate surface area is 120 Å². The summed E-state index contributed by atoms with van der Waals surface area (Å²) in [5.41, 5.74) is 1.59. The first kappa shape index (κ1) is 14.0. The molecule has 0 saturated carbocycles. The second-order valence-corrected chi connectivity index (χ2v) is 4.58. The first-order chi connectivity index (χ1) is 9.47. The number of aromatic nitrogens is 1. The van der Waals surface area contributed by atoms with Gasteiger partial charge in [0, 0.05) is 6.20 Å². The molecular formula is C14H11ClN2O3. The Balaban J connectivity index is 2.19. The minimum atomic E-state index is -1.09. The number of anilines is 1. The number of nitrogens with one attached hydrogen (secondary N) is 1. The maximum Gasteiger partial charge on any atom is 0.337 e. The molecular weight excluding hydrogens is 280 g/mol. The van der Waals surface area contributed by atoms with Gasteiger partial charge in [0.05, 0.1) is 16.3 Å². The van der Waals surface area contributed by atoms with Crippen LogP contribution < -0.4 is 5.32 Å². The summed E-state index contributed by atoms with van der Waals surface area (Å²) in [5, 5.41) is 11.8. The van der Waals surface area contributed by atoms with Gasteiger partial charge >= 0.3 is 5.97 Å². The van der Waals surface area contributed by atoms with Crippen molar-refractivity contribution < 1.29 is 14.7 Å². The van der Waals surface area contributed by atoms with E-state index in [1.54, 1.807) is 12.1 Å². The van der Waals surface area contributed by atoms with E-state index >= 15 is 0 Å². The van der Waals surface area contributed by atoms with Crippen molar-refractivity contribution in [2.24, 2.45) is 0 Å². The third-order valence-electron chi connectivity index (χ3n) is 2.61. The van der Waals surface area contributed by atoms with Crippen LogP contribution >= 0.6 is 11.6 Å². The zero-order valence-corrected chi connectivity index (χ0v) is 11.3. The smallest absolute Gasteiger partial charge is 0.337 e. The van der Waals surface area contributed by atoms with Gasteiger partial charge in [0.25, 0.3) is 5.91 Å². The van der Waals surface area contributed by atoms with Gasteiger partial charge in [-0.25, -0.2) is 4.79 Å². The quantitative estimate of drug-likeness (QED) is 0.911. The van der Waals surface area contributed by atoms with Crippen molar-refractivity contribution in [2.45, 2.75) is 6.92 Å². The molecule has 0 unspecified atom stereocenters. The lowest BCUT2D eigenvalue weighted by atomic mass is 10.2. The lowest BCUT2D eigenvalue weighted by Crippen LogP contribution is -2.14. The molecule has 0 aliphatic carbocycles. The van der Waals surface area contributed by atoms with Gasteiger partial charge in [-0.15, -0.1) is 0 Å². The number of aromatic carboxylic acids is 1. The molecule has 1 aromatic carbocycles. The summed E-state index contributed by atoms with van der Waals surface area (Å²) >= 11 is 5.98. The summed E-state index contributed by atoms with van der Waals surface area (Å²) in [6, 6.07) is 7.93. The molecule has 1 amide bonds. The van der Waals surface area contributed by atoms with E-state index in [-0.39, 0.29) is 11.3 Å². The van der Waals surface area contributed by atoms with E-state index in [0.717, 1.165) is 11.8 Å². The van der Waals surface area contributed by atoms with Crippen molar-refractivity contribution in [2.75, 3.05) is 5.32 Å². The standard InChI is InChI=1S/C14H11ClN2O3/c1-8-2-4-10(15)12(6-8)17-13(18)11-5-3-9(7-16-11)14(19)20/h2-7H,1H3,(H,17,18)(H,19,20). The van der Waals surface area contributed by atoms with E-state index in [2.05, 4.69) is 10.3 Å². The van der Waals surface area contributed by atoms with Crippen molar-refractivity contribution in [1.29, 1.82) is 0 Å². The van der Waals surface area contributed by atoms with Gasteiger partial charge < -0.3 is 10.4 Å². The van der Waals surface area contributed by atoms with Crippen molar-refractivity contribution in [3.63, 3.8) is 0 Å². The average molecular weight is 291 g/mol. The molecule has 0 atom stereocenters. The second-order valence-electron chi connectivity index (χ2n) is 4.17. The number of nitrogens with zero attached hydrogens (tertiary/aromatic N) is 1. The Morgan fingerprint density at radius 3 is 2.60 bits per heavy atom. The number of rotatable bonds is 3. The molecule has 0 fully saturated rings. The number of carboxylic acids is 1. The van der Waals surface area contributed by atoms with Crippen molar-refractivity contribution >= 4 is 29.2 Å². The van der Waals surface area contributed by atoms with Crippen LogP contribution in [0.3, 0.4) is 0 Å². The number of halogens is 1. The van der Waals surface area contributed by atoms with E-state index in [0.29, 0.717) is 10.7 Å². The number of hydrogen-bond acceptors (Lipinski definition) is 3. The number of benzene rings is 1. The number of carbonyl (C=O) groups is 2. The van der Waals surface area contributed by atoms with Gasteiger partial charge in [-0.1, -0.05) is 17.7 Å². The Kier molecular flexibility index (Phi) is 4.00. The summed E-state index contributed by atoms with van der Waals surface area (Å²) in [6.45, 7) is 1.88. The van der Waals surface area contributed by atoms with Gasteiger partial charge in [-0.2, -0.15) is 0 Å². The molecule has 0 bridgehead atoms. The molecule has 0 spiro atoms. The molecule has 0 saturated heterocycles. The molecule has 0 aliphatic heterocycles. The third-order valence-corrected chi connectivity index (χ3v) is 2.94. The van der Waals surface area contributed by atoms with E-state index in [4.69, 9.17) is 16.7 Å². The van der Waals surface area contributed by atoms with Crippen LogP contribution in [0.5, 0.6) is 0 Å². The summed E-state index contributed by atoms with van der Waals surface area (Å²) in [4.78, 5) is 26.5. The van der Waals surface area contributed by atoms with Crippen molar-refractivity contribution in [3.05, 3.63) is 58.4 Å². The lowest BCUT2D eigenvalue weighted by molar-refractivity contribution is 0.0696. The lowest BCUT2D eigenvalue weighted by Gasteiger charge is -2.07. The Morgan fingerprint density at radius 1 is 1.25 bits per heavy atom. The van der Waals surface area contributed by atoms with Gasteiger partial charge in [-0.05, 0) is 36.8 Å². The first-order valence-electron chi connectivity index (χ1n) is 5.74. The largest absolute Gasteiger partial charge is 0.478 e. The minimum Gasteiger partial charge on any atom is -0.478 e. The highest BCUT2D eigenvalue weighted by Gasteiger charge is 2.11. The molecule has 20 heavy (non-hydrogen) atoms. The number of hydrogen-bond donors (Lipinski definition) is 2. The zero-order chi connectivity index (χ0) is 14.7. The molecule has 0 aliphatic rings. The third kappa shape index (κ3) is 3.13. The maximum atomic E-state index is 12.0. The van der Waals surface area contributed by atoms with Crippen LogP contribution in [-0.2, 0) is 0 Å². The average Bonchev–Trinajstić information content (AvgIpc) is 2.43. The maximum absolute atomic E-state index is 12.0. The van der Waals surface area contributed by atoms with E-state index < -0.39 is 11.9 Å². The molecule has 5 nitrogen and oxygen atoms in total. The predicted octanol–water partition coefficient (Wildman–Crippen LogP) is 2.99. The highest BCUT2D eigenvalue weighted by Crippen LogP contribution is 2.23. The molecule has 2 N–H and O–H groups in total. The first-order valence-corrected chi connectivity index (χ1v) is 6.12. The van der Waals surface area contributed by atoms with Crippen molar-refractivity contribution in [1.82, 2.24) is 4.98 Å². The molecule has 0 radical (unpaired) electrons. The monoisotopic (exact) mass is 290 g/mol. The summed E-state index contributed by atoms with van der Waals surface area (Å²) in [7, 11) is 0. The Hall–Kier alpha value is -2.40. The fraction of sp³-hybridized carbons (Fsp3) is 0.0714. The van der Waals surface area contributed by atoms with Crippen LogP contribution in [0.1, 0.15) is 26.4 Å². The summed E-state index contributed by atoms with van der Waals surface area (Å²) < 4.78 is 0. The van der Waals surface area contributed by atoms with Gasteiger partial charge in [0.15, 0.2) is 0 Å². The van der Waals surface area contributed by atoms with Gasteiger partial charge in [0.2, 0.25) is 0 Å². The van der Waals surface area contributed by atoms with Gasteiger partial charge in [-0.3, -0.25) is 9.78 Å². The fourth-order valence-corrected chi connectivity index (χ4v) is 1.74. The fourth-order valence-electron chi connectivity index (χ4n) is 1.58. The van der Waals surface area contributed by atoms with Gasteiger partial charge in [0.1, 0.15) is 5.69 Å². The van der Waals surface area contributed by atoms with Crippen LogP contribution in [0.4, 0.5) is 5.69 Å². The van der Waals surface area contributed by atoms with E-state index in [1.165, 1.54) is 12.1 Å². The van der Waals surface area contributed by atoms with Crippen LogP contribution in [0.15, 0.2) is 36.5 Å². The number of amides is 1. The number of aryl methyl sites for hydroxylation is 1. The number of pyridine rings is 1. The molecule has 1 aromatic heterocycles. The Bertz CT molecular complexity index is 669. The minimum absolute atomic E-state index is 0.0233. The highest BCUT2D eigenvalue weighted by molar-refractivity contribution is 6.33. The van der Waals surface area contributed by atoms with E-state index in [9.17, 15) is 9.59 Å². The topological polar surface area (TPSA) is 79.3 Å². The molecule has 2 rings (SSSR count). The number of carbonyl (C=O) groups excluding carboxylic acids is 1. The molecule has 2 aromatic rings. The van der Waals surface area contributed by atoms with Crippen LogP contribution in [0, 0.1) is 6.92 Å². The molecule has 6 heteroatoms. The summed E-state index contributed by atoms with van der Waals surface area (Å²) in [5.74, 6) is -1.54. The van der Waals surface area contributed by atoms with Crippen LogP contribution in [-0.4, -0.2) is 22.0 Å². The SMILES string of the molecule is Cc1ccc(Cl)c(NC(=O)c2ccc(C(=O)O)cn2)c1. The zero-order valence-electron chi connectivity index (χ0n) is 10.6. The Morgan fingerprint density at radius 2 is 2.00 bits per heavy atom. The van der Waals surface area contributed by atoms with Crippen LogP contribution in [0.2, 0.25) is 5.02 Å². The van der Waals surface area contributed by atoms with E-state index in [1.807, 2.05) is 13.0 Å². The number of carboxylic acid groups (broad SMARTS) is 1. The van der Waals surface area contributed by atoms with Crippen molar-refractivity contribution in [3.8, 4) is 0 Å². The summed E-state index contributed by atoms with van der Waals surface area (Å²) in [6.07, 6.45) is 1.13. The molecule has 102 valence electrons. The second kappa shape index (κ2) is 5.71. The normalized spacial score (nSPS) is 10.1. The van der Waals surface area contributed by atoms with Crippen LogP contribution in [0.25, 0.3) is 0 Å². The highest BCUT2D eigenvalue weighted by atomic mass is 35.5.